The molecule has 0 aliphatic carbocycles. The number of fused-ring (bicyclic) bond motifs is 1. The van der Waals surface area contributed by atoms with Crippen LogP contribution in [0.2, 0.25) is 0 Å². The topological polar surface area (TPSA) is 33.3 Å². The van der Waals surface area contributed by atoms with Crippen LogP contribution in [0.5, 0.6) is 5.75 Å². The highest BCUT2D eigenvalue weighted by molar-refractivity contribution is 5.39. The van der Waals surface area contributed by atoms with Crippen molar-refractivity contribution in [3.63, 3.8) is 0 Å². The molecule has 3 nitrogen and oxygen atoms in total. The molecule has 0 radical (unpaired) electrons. The zero-order chi connectivity index (χ0) is 12.8. The zero-order valence-electron chi connectivity index (χ0n) is 11.5. The second-order valence-corrected chi connectivity index (χ2v) is 5.15. The van der Waals surface area contributed by atoms with E-state index in [0.717, 1.165) is 44.8 Å². The minimum absolute atomic E-state index is 0.573. The number of rotatable bonds is 7. The molecule has 0 atom stereocenters. The monoisotopic (exact) mass is 248 g/mol. The highest BCUT2D eigenvalue weighted by atomic mass is 16.5. The van der Waals surface area contributed by atoms with Crippen LogP contribution in [0.3, 0.4) is 0 Å². The first-order chi connectivity index (χ1) is 8.75. The highest BCUT2D eigenvalue weighted by Crippen LogP contribution is 2.25. The molecule has 0 amide bonds. The van der Waals surface area contributed by atoms with Crippen molar-refractivity contribution in [3.8, 4) is 5.75 Å². The average molecular weight is 248 g/mol. The lowest BCUT2D eigenvalue weighted by Gasteiger charge is -2.09. The maximum absolute atomic E-state index is 5.51. The van der Waals surface area contributed by atoms with Crippen LogP contribution in [0, 0.1) is 0 Å². The van der Waals surface area contributed by atoms with Gasteiger partial charge in [-0.05, 0) is 30.2 Å². The van der Waals surface area contributed by atoms with Crippen LogP contribution in [0.1, 0.15) is 25.0 Å². The quantitative estimate of drug-likeness (QED) is 0.721. The van der Waals surface area contributed by atoms with Crippen molar-refractivity contribution in [1.82, 2.24) is 10.6 Å². The SMILES string of the molecule is CC(C)NCCNCCc1ccc2c(c1)CCO2. The number of nitrogens with one attached hydrogen (secondary N) is 2. The van der Waals surface area contributed by atoms with E-state index in [1.807, 2.05) is 0 Å². The number of hydrogen-bond acceptors (Lipinski definition) is 3. The molecule has 3 heteroatoms. The summed E-state index contributed by atoms with van der Waals surface area (Å²) in [5.41, 5.74) is 2.78. The lowest BCUT2D eigenvalue weighted by Crippen LogP contribution is -2.32. The second-order valence-electron chi connectivity index (χ2n) is 5.15. The molecule has 0 unspecified atom stereocenters. The summed E-state index contributed by atoms with van der Waals surface area (Å²) in [5, 5.41) is 6.86. The third-order valence-corrected chi connectivity index (χ3v) is 3.20. The zero-order valence-corrected chi connectivity index (χ0v) is 11.5. The lowest BCUT2D eigenvalue weighted by atomic mass is 10.1. The van der Waals surface area contributed by atoms with Gasteiger partial charge >= 0.3 is 0 Å². The Balaban J connectivity index is 1.65. The van der Waals surface area contributed by atoms with Gasteiger partial charge in [0.15, 0.2) is 0 Å². The Morgan fingerprint density at radius 3 is 2.94 bits per heavy atom. The van der Waals surface area contributed by atoms with E-state index in [4.69, 9.17) is 4.74 Å². The molecule has 2 rings (SSSR count). The highest BCUT2D eigenvalue weighted by Gasteiger charge is 2.11. The van der Waals surface area contributed by atoms with E-state index in [2.05, 4.69) is 42.7 Å². The summed E-state index contributed by atoms with van der Waals surface area (Å²) >= 11 is 0. The molecule has 1 heterocycles. The summed E-state index contributed by atoms with van der Waals surface area (Å²) in [7, 11) is 0. The smallest absolute Gasteiger partial charge is 0.122 e. The van der Waals surface area contributed by atoms with Crippen LogP contribution in [0.25, 0.3) is 0 Å². The fraction of sp³-hybridized carbons (Fsp3) is 0.600. The Bertz CT molecular complexity index is 377. The van der Waals surface area contributed by atoms with Crippen LogP contribution >= 0.6 is 0 Å². The Kier molecular flexibility index (Phi) is 5.02. The van der Waals surface area contributed by atoms with E-state index in [1.165, 1.54) is 11.1 Å². The Morgan fingerprint density at radius 1 is 1.22 bits per heavy atom. The van der Waals surface area contributed by atoms with Crippen molar-refractivity contribution in [1.29, 1.82) is 0 Å². The molecule has 2 N–H and O–H groups in total. The maximum Gasteiger partial charge on any atom is 0.122 e. The summed E-state index contributed by atoms with van der Waals surface area (Å²) in [4.78, 5) is 0. The number of hydrogen-bond donors (Lipinski definition) is 2. The Hall–Kier alpha value is -1.06. The van der Waals surface area contributed by atoms with Gasteiger partial charge in [0.1, 0.15) is 5.75 Å². The van der Waals surface area contributed by atoms with Gasteiger partial charge in [0, 0.05) is 25.6 Å². The molecule has 100 valence electrons. The van der Waals surface area contributed by atoms with Gasteiger partial charge in [-0.15, -0.1) is 0 Å². The molecular formula is C15H24N2O. The molecule has 1 aliphatic heterocycles. The first kappa shape index (κ1) is 13.4. The van der Waals surface area contributed by atoms with Gasteiger partial charge in [0.25, 0.3) is 0 Å². The van der Waals surface area contributed by atoms with Crippen LogP contribution in [0.15, 0.2) is 18.2 Å². The van der Waals surface area contributed by atoms with E-state index < -0.39 is 0 Å². The lowest BCUT2D eigenvalue weighted by molar-refractivity contribution is 0.357. The first-order valence-corrected chi connectivity index (χ1v) is 6.94. The standard InChI is InChI=1S/C15H24N2O/c1-12(2)17-9-8-16-7-5-13-3-4-15-14(11-13)6-10-18-15/h3-4,11-12,16-17H,5-10H2,1-2H3. The predicted molar refractivity (Wildman–Crippen MR) is 75.4 cm³/mol. The summed E-state index contributed by atoms with van der Waals surface area (Å²) in [6.45, 7) is 8.30. The van der Waals surface area contributed by atoms with E-state index in [9.17, 15) is 0 Å². The Morgan fingerprint density at radius 2 is 2.11 bits per heavy atom. The van der Waals surface area contributed by atoms with Gasteiger partial charge in [-0.25, -0.2) is 0 Å². The molecule has 1 aromatic carbocycles. The van der Waals surface area contributed by atoms with Crippen molar-refractivity contribution >= 4 is 0 Å². The van der Waals surface area contributed by atoms with Crippen LogP contribution in [-0.4, -0.2) is 32.3 Å². The Labute approximate surface area is 110 Å². The average Bonchev–Trinajstić information content (AvgIpc) is 2.80. The van der Waals surface area contributed by atoms with Crippen LogP contribution in [-0.2, 0) is 12.8 Å². The van der Waals surface area contributed by atoms with Crippen molar-refractivity contribution in [2.45, 2.75) is 32.7 Å². The van der Waals surface area contributed by atoms with E-state index >= 15 is 0 Å². The van der Waals surface area contributed by atoms with E-state index in [1.54, 1.807) is 0 Å². The molecule has 0 spiro atoms. The molecule has 1 aliphatic rings. The molecule has 18 heavy (non-hydrogen) atoms. The largest absolute Gasteiger partial charge is 0.493 e. The number of ether oxygens (including phenoxy) is 1. The van der Waals surface area contributed by atoms with Crippen molar-refractivity contribution in [2.24, 2.45) is 0 Å². The minimum atomic E-state index is 0.573. The normalized spacial score (nSPS) is 13.7. The second kappa shape index (κ2) is 6.76. The molecule has 0 aromatic heterocycles. The summed E-state index contributed by atoms with van der Waals surface area (Å²) < 4.78 is 5.51. The molecule has 0 saturated carbocycles. The molecule has 0 fully saturated rings. The van der Waals surface area contributed by atoms with Gasteiger partial charge in [0.2, 0.25) is 0 Å². The van der Waals surface area contributed by atoms with Gasteiger partial charge in [-0.2, -0.15) is 0 Å². The first-order valence-electron chi connectivity index (χ1n) is 6.94. The molecule has 0 saturated heterocycles. The molecule has 1 aromatic rings. The van der Waals surface area contributed by atoms with E-state index in [-0.39, 0.29) is 0 Å². The summed E-state index contributed by atoms with van der Waals surface area (Å²) in [5.74, 6) is 1.08. The number of benzene rings is 1. The minimum Gasteiger partial charge on any atom is -0.493 e. The predicted octanol–water partition coefficient (Wildman–Crippen LogP) is 1.75. The van der Waals surface area contributed by atoms with Gasteiger partial charge in [-0.3, -0.25) is 0 Å². The molecule has 0 bridgehead atoms. The van der Waals surface area contributed by atoms with Gasteiger partial charge in [-0.1, -0.05) is 26.0 Å². The van der Waals surface area contributed by atoms with Crippen molar-refractivity contribution < 1.29 is 4.74 Å². The van der Waals surface area contributed by atoms with Crippen LogP contribution in [0.4, 0.5) is 0 Å². The fourth-order valence-corrected chi connectivity index (χ4v) is 2.20. The molecular weight excluding hydrogens is 224 g/mol. The van der Waals surface area contributed by atoms with Crippen LogP contribution < -0.4 is 15.4 Å². The van der Waals surface area contributed by atoms with Crippen molar-refractivity contribution in [2.75, 3.05) is 26.2 Å². The summed E-state index contributed by atoms with van der Waals surface area (Å²) in [6, 6.07) is 7.15. The maximum atomic E-state index is 5.51. The van der Waals surface area contributed by atoms with Gasteiger partial charge < -0.3 is 15.4 Å². The third kappa shape index (κ3) is 4.00. The van der Waals surface area contributed by atoms with E-state index in [0.29, 0.717) is 6.04 Å². The summed E-state index contributed by atoms with van der Waals surface area (Å²) in [6.07, 6.45) is 2.16. The third-order valence-electron chi connectivity index (χ3n) is 3.20. The fourth-order valence-electron chi connectivity index (χ4n) is 2.20. The van der Waals surface area contributed by atoms with Gasteiger partial charge in [0.05, 0.1) is 6.61 Å². The van der Waals surface area contributed by atoms with Crippen molar-refractivity contribution in [3.05, 3.63) is 29.3 Å².